The summed E-state index contributed by atoms with van der Waals surface area (Å²) in [5.41, 5.74) is 2.14. The summed E-state index contributed by atoms with van der Waals surface area (Å²) in [6, 6.07) is 22.6. The lowest BCUT2D eigenvalue weighted by Gasteiger charge is -2.23. The molecule has 6 rings (SSSR count). The number of thioether (sulfide) groups is 1. The molecule has 0 radical (unpaired) electrons. The molecule has 0 bridgehead atoms. The maximum atomic E-state index is 13.7. The lowest BCUT2D eigenvalue weighted by Crippen LogP contribution is -2.31. The first-order valence-corrected chi connectivity index (χ1v) is 14.6. The summed E-state index contributed by atoms with van der Waals surface area (Å²) in [5.74, 6) is -1.28. The minimum atomic E-state index is -0.923. The van der Waals surface area contributed by atoms with Gasteiger partial charge in [0.2, 0.25) is 10.9 Å². The van der Waals surface area contributed by atoms with Crippen molar-refractivity contribution in [1.29, 1.82) is 0 Å². The quantitative estimate of drug-likeness (QED) is 0.110. The number of aromatic nitrogens is 2. The van der Waals surface area contributed by atoms with Gasteiger partial charge in [-0.05, 0) is 47.5 Å². The summed E-state index contributed by atoms with van der Waals surface area (Å²) in [4.78, 5) is 28.5. The van der Waals surface area contributed by atoms with E-state index in [4.69, 9.17) is 16.0 Å². The van der Waals surface area contributed by atoms with Gasteiger partial charge < -0.3 is 9.52 Å². The summed E-state index contributed by atoms with van der Waals surface area (Å²) < 4.78 is 7.26. The Morgan fingerprint density at radius 2 is 1.82 bits per heavy atom. The zero-order valence-electron chi connectivity index (χ0n) is 19.9. The molecule has 3 aromatic carbocycles. The molecule has 3 heterocycles. The molecule has 7 nitrogen and oxygen atoms in total. The molecule has 0 aliphatic carbocycles. The number of anilines is 1. The molecule has 0 fully saturated rings. The first-order chi connectivity index (χ1) is 18.9. The van der Waals surface area contributed by atoms with Gasteiger partial charge in [0.25, 0.3) is 5.91 Å². The van der Waals surface area contributed by atoms with E-state index in [-0.39, 0.29) is 16.5 Å². The van der Waals surface area contributed by atoms with Crippen molar-refractivity contribution in [2.75, 3.05) is 4.90 Å². The Morgan fingerprint density at radius 3 is 2.56 bits per heavy atom. The molecular formula is C28H17BrClN3O4S2. The number of benzene rings is 3. The minimum absolute atomic E-state index is 0.0333. The number of Topliss-reactive ketones (excluding diaryl/α,β-unsaturated/α-hetero) is 1. The molecule has 1 aliphatic rings. The van der Waals surface area contributed by atoms with Crippen LogP contribution in [0, 0.1) is 0 Å². The SMILES string of the molecule is O=C(C1=C(O)C(=O)N(c2nnc(SCc3ccc(Cl)cc3)s2)C1c1ccc(Br)cc1)c1cc2ccccc2o1. The highest BCUT2D eigenvalue weighted by Crippen LogP contribution is 2.44. The molecule has 39 heavy (non-hydrogen) atoms. The summed E-state index contributed by atoms with van der Waals surface area (Å²) in [7, 11) is 0. The normalized spacial score (nSPS) is 15.5. The van der Waals surface area contributed by atoms with Crippen LogP contribution in [0.25, 0.3) is 11.0 Å². The molecular weight excluding hydrogens is 622 g/mol. The van der Waals surface area contributed by atoms with Crippen molar-refractivity contribution in [3.8, 4) is 0 Å². The lowest BCUT2D eigenvalue weighted by atomic mass is 9.95. The molecule has 11 heteroatoms. The number of halogens is 2. The Kier molecular flexibility index (Phi) is 7.03. The first-order valence-electron chi connectivity index (χ1n) is 11.7. The second-order valence-corrected chi connectivity index (χ2v) is 12.2. The number of para-hydroxylation sites is 1. The van der Waals surface area contributed by atoms with Crippen LogP contribution in [-0.4, -0.2) is 27.0 Å². The van der Waals surface area contributed by atoms with Crippen LogP contribution in [0.3, 0.4) is 0 Å². The Hall–Kier alpha value is -3.44. The van der Waals surface area contributed by atoms with Crippen molar-refractivity contribution in [2.45, 2.75) is 16.1 Å². The van der Waals surface area contributed by atoms with E-state index in [1.54, 1.807) is 30.3 Å². The Morgan fingerprint density at radius 1 is 1.08 bits per heavy atom. The average Bonchev–Trinajstić information content (AvgIpc) is 3.65. The zero-order valence-corrected chi connectivity index (χ0v) is 23.9. The summed E-state index contributed by atoms with van der Waals surface area (Å²) in [6.07, 6.45) is 0. The number of aliphatic hydroxyl groups excluding tert-OH is 1. The van der Waals surface area contributed by atoms with E-state index in [1.165, 1.54) is 28.0 Å². The number of rotatable bonds is 7. The number of furan rings is 1. The standard InChI is InChI=1S/C28H17BrClN3O4S2/c29-18-9-7-16(8-10-18)23-22(24(34)21-13-17-3-1-2-4-20(17)37-21)25(35)26(36)33(23)27-31-32-28(39-27)38-14-15-5-11-19(30)12-6-15/h1-13,23,35H,14H2. The van der Waals surface area contributed by atoms with Gasteiger partial charge in [0.05, 0.1) is 11.6 Å². The number of hydrogen-bond acceptors (Lipinski definition) is 8. The molecule has 0 spiro atoms. The smallest absolute Gasteiger partial charge is 0.296 e. The van der Waals surface area contributed by atoms with Crippen LogP contribution >= 0.6 is 50.6 Å². The zero-order chi connectivity index (χ0) is 27.1. The number of carbonyl (C=O) groups excluding carboxylic acids is 2. The van der Waals surface area contributed by atoms with Gasteiger partial charge in [0, 0.05) is 20.6 Å². The van der Waals surface area contributed by atoms with Gasteiger partial charge in [0.15, 0.2) is 15.9 Å². The third-order valence-electron chi connectivity index (χ3n) is 6.17. The van der Waals surface area contributed by atoms with E-state index in [1.807, 2.05) is 48.5 Å². The topological polar surface area (TPSA) is 96.5 Å². The van der Waals surface area contributed by atoms with Crippen LogP contribution < -0.4 is 4.90 Å². The van der Waals surface area contributed by atoms with Crippen molar-refractivity contribution in [3.63, 3.8) is 0 Å². The largest absolute Gasteiger partial charge is 0.503 e. The molecule has 1 atom stereocenters. The van der Waals surface area contributed by atoms with Crippen molar-refractivity contribution < 1.29 is 19.1 Å². The number of nitrogens with zero attached hydrogens (tertiary/aromatic N) is 3. The third-order valence-corrected chi connectivity index (χ3v) is 9.07. The first kappa shape index (κ1) is 25.8. The second kappa shape index (κ2) is 10.6. The monoisotopic (exact) mass is 637 g/mol. The Labute approximate surface area is 244 Å². The molecule has 2 aromatic heterocycles. The highest BCUT2D eigenvalue weighted by molar-refractivity contribution is 9.10. The molecule has 194 valence electrons. The van der Waals surface area contributed by atoms with Crippen LogP contribution in [0.5, 0.6) is 0 Å². The van der Waals surface area contributed by atoms with Crippen LogP contribution in [0.4, 0.5) is 5.13 Å². The Balaban J connectivity index is 1.35. The number of aliphatic hydroxyl groups is 1. The third kappa shape index (κ3) is 5.00. The molecule has 5 aromatic rings. The van der Waals surface area contributed by atoms with Gasteiger partial charge in [-0.25, -0.2) is 0 Å². The highest BCUT2D eigenvalue weighted by Gasteiger charge is 2.46. The fraction of sp³-hybridized carbons (Fsp3) is 0.0714. The van der Waals surface area contributed by atoms with E-state index in [0.29, 0.717) is 26.3 Å². The van der Waals surface area contributed by atoms with Crippen LogP contribution in [0.15, 0.2) is 103 Å². The fourth-order valence-corrected chi connectivity index (χ4v) is 6.52. The predicted octanol–water partition coefficient (Wildman–Crippen LogP) is 7.78. The molecule has 1 amide bonds. The molecule has 0 saturated carbocycles. The van der Waals surface area contributed by atoms with Crippen LogP contribution in [0.1, 0.15) is 27.7 Å². The second-order valence-electron chi connectivity index (χ2n) is 8.63. The Bertz CT molecular complexity index is 1720. The van der Waals surface area contributed by atoms with Crippen LogP contribution in [-0.2, 0) is 10.5 Å². The molecule has 1 unspecified atom stereocenters. The minimum Gasteiger partial charge on any atom is -0.503 e. The van der Waals surface area contributed by atoms with Crippen molar-refractivity contribution in [1.82, 2.24) is 10.2 Å². The molecule has 1 N–H and O–H groups in total. The average molecular weight is 639 g/mol. The number of ketones is 1. The van der Waals surface area contributed by atoms with E-state index < -0.39 is 23.5 Å². The van der Waals surface area contributed by atoms with Crippen LogP contribution in [0.2, 0.25) is 5.02 Å². The van der Waals surface area contributed by atoms with Crippen molar-refractivity contribution in [2.24, 2.45) is 0 Å². The van der Waals surface area contributed by atoms with Gasteiger partial charge in [-0.2, -0.15) is 0 Å². The van der Waals surface area contributed by atoms with Gasteiger partial charge in [-0.3, -0.25) is 14.5 Å². The van der Waals surface area contributed by atoms with Gasteiger partial charge in [-0.15, -0.1) is 10.2 Å². The summed E-state index contributed by atoms with van der Waals surface area (Å²) in [5, 5.41) is 21.2. The lowest BCUT2D eigenvalue weighted by molar-refractivity contribution is -0.117. The number of carbonyl (C=O) groups is 2. The van der Waals surface area contributed by atoms with E-state index in [0.717, 1.165) is 15.4 Å². The summed E-state index contributed by atoms with van der Waals surface area (Å²) >= 11 is 12.1. The number of fused-ring (bicyclic) bond motifs is 1. The van der Waals surface area contributed by atoms with Crippen molar-refractivity contribution in [3.05, 3.63) is 117 Å². The van der Waals surface area contributed by atoms with E-state index >= 15 is 0 Å². The van der Waals surface area contributed by atoms with E-state index in [9.17, 15) is 14.7 Å². The molecule has 0 saturated heterocycles. The molecule has 1 aliphatic heterocycles. The van der Waals surface area contributed by atoms with Gasteiger partial charge in [0.1, 0.15) is 5.58 Å². The van der Waals surface area contributed by atoms with E-state index in [2.05, 4.69) is 26.1 Å². The summed E-state index contributed by atoms with van der Waals surface area (Å²) in [6.45, 7) is 0. The highest BCUT2D eigenvalue weighted by atomic mass is 79.9. The number of hydrogen-bond donors (Lipinski definition) is 1. The number of amides is 1. The van der Waals surface area contributed by atoms with Gasteiger partial charge in [-0.1, -0.05) is 93.1 Å². The maximum Gasteiger partial charge on any atom is 0.296 e. The van der Waals surface area contributed by atoms with Crippen molar-refractivity contribution >= 4 is 78.4 Å². The fourth-order valence-electron chi connectivity index (χ4n) is 4.31. The maximum absolute atomic E-state index is 13.7. The predicted molar refractivity (Wildman–Crippen MR) is 155 cm³/mol. The van der Waals surface area contributed by atoms with Gasteiger partial charge >= 0.3 is 0 Å².